The fraction of sp³-hybridized carbons (Fsp3) is 0.250. The number of rotatable bonds is 2. The molecule has 0 bridgehead atoms. The first-order chi connectivity index (χ1) is 6.22. The average Bonchev–Trinajstić information content (AvgIpc) is 2.16. The lowest BCUT2D eigenvalue weighted by Crippen LogP contribution is -2.39. The highest BCUT2D eigenvalue weighted by molar-refractivity contribution is 5.72. The van der Waals surface area contributed by atoms with Crippen LogP contribution in [0.5, 0.6) is 0 Å². The lowest BCUT2D eigenvalue weighted by Gasteiger charge is -2.03. The number of aryl methyl sites for hydroxylation is 1. The lowest BCUT2D eigenvalue weighted by molar-refractivity contribution is 0.241. The number of amides is 2. The van der Waals surface area contributed by atoms with E-state index in [0.717, 1.165) is 11.3 Å². The Morgan fingerprint density at radius 1 is 1.62 bits per heavy atom. The van der Waals surface area contributed by atoms with Crippen LogP contribution in [0, 0.1) is 6.92 Å². The van der Waals surface area contributed by atoms with Crippen LogP contribution < -0.4 is 16.6 Å². The van der Waals surface area contributed by atoms with Crippen molar-refractivity contribution in [2.45, 2.75) is 13.5 Å². The molecule has 5 nitrogen and oxygen atoms in total. The summed E-state index contributed by atoms with van der Waals surface area (Å²) in [6.45, 7) is 2.33. The fourth-order valence-corrected chi connectivity index (χ4v) is 0.836. The SMILES string of the molecule is Cc1ccc(CNC(=O)NN)cn1. The monoisotopic (exact) mass is 180 g/mol. The van der Waals surface area contributed by atoms with E-state index in [1.807, 2.05) is 24.5 Å². The number of nitrogens with one attached hydrogen (secondary N) is 2. The molecule has 0 atom stereocenters. The standard InChI is InChI=1S/C8H12N4O/c1-6-2-3-7(4-10-6)5-11-8(13)12-9/h2-4H,5,9H2,1H3,(H2,11,12,13). The van der Waals surface area contributed by atoms with E-state index < -0.39 is 6.03 Å². The second-order valence-electron chi connectivity index (χ2n) is 2.63. The zero-order valence-corrected chi connectivity index (χ0v) is 7.37. The highest BCUT2D eigenvalue weighted by atomic mass is 16.2. The van der Waals surface area contributed by atoms with Gasteiger partial charge in [-0.05, 0) is 18.6 Å². The van der Waals surface area contributed by atoms with Crippen LogP contribution in [0.1, 0.15) is 11.3 Å². The van der Waals surface area contributed by atoms with Gasteiger partial charge >= 0.3 is 6.03 Å². The molecule has 5 heteroatoms. The Bertz CT molecular complexity index is 283. The minimum absolute atomic E-state index is 0.402. The van der Waals surface area contributed by atoms with Crippen molar-refractivity contribution in [1.82, 2.24) is 15.7 Å². The molecule has 4 N–H and O–H groups in total. The Hall–Kier alpha value is -1.62. The first-order valence-corrected chi connectivity index (χ1v) is 3.88. The molecule has 1 heterocycles. The summed E-state index contributed by atoms with van der Waals surface area (Å²) in [5.74, 6) is 4.88. The summed E-state index contributed by atoms with van der Waals surface area (Å²) in [7, 11) is 0. The van der Waals surface area contributed by atoms with Crippen LogP contribution in [0.2, 0.25) is 0 Å². The Labute approximate surface area is 76.3 Å². The number of nitrogens with two attached hydrogens (primary N) is 1. The first-order valence-electron chi connectivity index (χ1n) is 3.88. The van der Waals surface area contributed by atoms with Crippen LogP contribution in [0.3, 0.4) is 0 Å². The first kappa shape index (κ1) is 9.47. The van der Waals surface area contributed by atoms with Gasteiger partial charge in [0.15, 0.2) is 0 Å². The van der Waals surface area contributed by atoms with E-state index in [2.05, 4.69) is 10.3 Å². The second-order valence-corrected chi connectivity index (χ2v) is 2.63. The molecule has 2 amide bonds. The van der Waals surface area contributed by atoms with Gasteiger partial charge in [-0.15, -0.1) is 0 Å². The normalized spacial score (nSPS) is 9.38. The molecular weight excluding hydrogens is 168 g/mol. The highest BCUT2D eigenvalue weighted by Gasteiger charge is 1.96. The maximum Gasteiger partial charge on any atom is 0.329 e. The van der Waals surface area contributed by atoms with Gasteiger partial charge in [-0.3, -0.25) is 10.4 Å². The predicted molar refractivity (Wildman–Crippen MR) is 48.5 cm³/mol. The molecule has 0 radical (unpaired) electrons. The van der Waals surface area contributed by atoms with E-state index in [1.54, 1.807) is 6.20 Å². The third-order valence-corrected chi connectivity index (χ3v) is 1.56. The smallest absolute Gasteiger partial charge is 0.329 e. The van der Waals surface area contributed by atoms with Crippen molar-refractivity contribution in [3.8, 4) is 0 Å². The van der Waals surface area contributed by atoms with Crippen LogP contribution in [0.25, 0.3) is 0 Å². The highest BCUT2D eigenvalue weighted by Crippen LogP contribution is 1.97. The minimum Gasteiger partial charge on any atom is -0.333 e. The Balaban J connectivity index is 2.46. The van der Waals surface area contributed by atoms with Crippen molar-refractivity contribution in [3.63, 3.8) is 0 Å². The molecule has 0 saturated heterocycles. The molecule has 1 aromatic heterocycles. The number of carbonyl (C=O) groups excluding carboxylic acids is 1. The number of hydrogen-bond acceptors (Lipinski definition) is 3. The molecule has 0 aliphatic heterocycles. The molecule has 0 aliphatic rings. The number of hydrogen-bond donors (Lipinski definition) is 3. The van der Waals surface area contributed by atoms with Gasteiger partial charge in [0, 0.05) is 18.4 Å². The average molecular weight is 180 g/mol. The molecule has 0 fully saturated rings. The van der Waals surface area contributed by atoms with E-state index in [0.29, 0.717) is 6.54 Å². The Morgan fingerprint density at radius 2 is 2.38 bits per heavy atom. The van der Waals surface area contributed by atoms with E-state index in [9.17, 15) is 4.79 Å². The Kier molecular flexibility index (Phi) is 3.22. The molecule has 0 saturated carbocycles. The van der Waals surface area contributed by atoms with Crippen LogP contribution >= 0.6 is 0 Å². The summed E-state index contributed by atoms with van der Waals surface area (Å²) in [6.07, 6.45) is 1.71. The van der Waals surface area contributed by atoms with Crippen molar-refractivity contribution >= 4 is 6.03 Å². The van der Waals surface area contributed by atoms with Gasteiger partial charge in [0.1, 0.15) is 0 Å². The van der Waals surface area contributed by atoms with Crippen LogP contribution in [0.4, 0.5) is 4.79 Å². The molecule has 13 heavy (non-hydrogen) atoms. The van der Waals surface area contributed by atoms with Gasteiger partial charge in [0.2, 0.25) is 0 Å². The molecular formula is C8H12N4O. The van der Waals surface area contributed by atoms with Gasteiger partial charge in [0.25, 0.3) is 0 Å². The summed E-state index contributed by atoms with van der Waals surface area (Å²) in [6, 6.07) is 3.39. The van der Waals surface area contributed by atoms with E-state index >= 15 is 0 Å². The quantitative estimate of drug-likeness (QED) is 0.342. The molecule has 0 unspecified atom stereocenters. The summed E-state index contributed by atoms with van der Waals surface area (Å²) >= 11 is 0. The van der Waals surface area contributed by atoms with Crippen molar-refractivity contribution in [1.29, 1.82) is 0 Å². The van der Waals surface area contributed by atoms with E-state index in [4.69, 9.17) is 5.84 Å². The summed E-state index contributed by atoms with van der Waals surface area (Å²) in [5.41, 5.74) is 3.87. The number of carbonyl (C=O) groups is 1. The zero-order chi connectivity index (χ0) is 9.68. The van der Waals surface area contributed by atoms with Gasteiger partial charge < -0.3 is 5.32 Å². The summed E-state index contributed by atoms with van der Waals surface area (Å²) in [5, 5.41) is 2.55. The topological polar surface area (TPSA) is 80.0 Å². The number of hydrazine groups is 1. The second kappa shape index (κ2) is 4.42. The van der Waals surface area contributed by atoms with E-state index in [-0.39, 0.29) is 0 Å². The number of urea groups is 1. The maximum atomic E-state index is 10.7. The van der Waals surface area contributed by atoms with E-state index in [1.165, 1.54) is 0 Å². The van der Waals surface area contributed by atoms with Gasteiger partial charge in [0.05, 0.1) is 0 Å². The molecule has 0 aromatic carbocycles. The van der Waals surface area contributed by atoms with Crippen molar-refractivity contribution < 1.29 is 4.79 Å². The molecule has 0 aliphatic carbocycles. The molecule has 1 rings (SSSR count). The number of aromatic nitrogens is 1. The maximum absolute atomic E-state index is 10.7. The largest absolute Gasteiger partial charge is 0.333 e. The third-order valence-electron chi connectivity index (χ3n) is 1.56. The molecule has 70 valence electrons. The lowest BCUT2D eigenvalue weighted by atomic mass is 10.2. The van der Waals surface area contributed by atoms with Crippen molar-refractivity contribution in [2.75, 3.05) is 0 Å². The zero-order valence-electron chi connectivity index (χ0n) is 7.37. The molecule has 0 spiro atoms. The van der Waals surface area contributed by atoms with Crippen LogP contribution in [-0.4, -0.2) is 11.0 Å². The Morgan fingerprint density at radius 3 is 2.92 bits per heavy atom. The number of nitrogens with zero attached hydrogens (tertiary/aromatic N) is 1. The van der Waals surface area contributed by atoms with Gasteiger partial charge in [-0.1, -0.05) is 6.07 Å². The fourth-order valence-electron chi connectivity index (χ4n) is 0.836. The summed E-state index contributed by atoms with van der Waals surface area (Å²) in [4.78, 5) is 14.8. The minimum atomic E-state index is -0.402. The predicted octanol–water partition coefficient (Wildman–Crippen LogP) is 0.0629. The van der Waals surface area contributed by atoms with Crippen molar-refractivity contribution in [2.24, 2.45) is 5.84 Å². The van der Waals surface area contributed by atoms with Crippen LogP contribution in [-0.2, 0) is 6.54 Å². The van der Waals surface area contributed by atoms with Gasteiger partial charge in [-0.2, -0.15) is 0 Å². The van der Waals surface area contributed by atoms with Crippen molar-refractivity contribution in [3.05, 3.63) is 29.6 Å². The molecule has 1 aromatic rings. The summed E-state index contributed by atoms with van der Waals surface area (Å²) < 4.78 is 0. The number of pyridine rings is 1. The van der Waals surface area contributed by atoms with Crippen LogP contribution in [0.15, 0.2) is 18.3 Å². The van der Waals surface area contributed by atoms with Gasteiger partial charge in [-0.25, -0.2) is 10.6 Å². The third kappa shape index (κ3) is 3.08.